The van der Waals surface area contributed by atoms with Gasteiger partial charge in [0.15, 0.2) is 0 Å². The Bertz CT molecular complexity index is 639. The molecule has 0 saturated heterocycles. The van der Waals surface area contributed by atoms with Crippen molar-refractivity contribution in [3.8, 4) is 5.75 Å². The fraction of sp³-hybridized carbons (Fsp3) is 0.333. The minimum atomic E-state index is -0.0931. The SMILES string of the molecule is Cc1ccc(OCc2cccc(C(=O)NCCC(C)N)c2)cn1. The van der Waals surface area contributed by atoms with E-state index in [9.17, 15) is 4.79 Å². The van der Waals surface area contributed by atoms with Crippen LogP contribution in [0, 0.1) is 6.92 Å². The summed E-state index contributed by atoms with van der Waals surface area (Å²) in [5.41, 5.74) is 8.18. The van der Waals surface area contributed by atoms with E-state index in [2.05, 4.69) is 10.3 Å². The molecule has 1 aromatic carbocycles. The van der Waals surface area contributed by atoms with Crippen molar-refractivity contribution in [2.45, 2.75) is 32.9 Å². The van der Waals surface area contributed by atoms with Gasteiger partial charge in [0, 0.05) is 23.8 Å². The molecule has 3 N–H and O–H groups in total. The second-order valence-electron chi connectivity index (χ2n) is 5.65. The first-order valence-corrected chi connectivity index (χ1v) is 7.73. The van der Waals surface area contributed by atoms with Crippen molar-refractivity contribution in [1.82, 2.24) is 10.3 Å². The second-order valence-corrected chi connectivity index (χ2v) is 5.65. The predicted octanol–water partition coefficient (Wildman–Crippen LogP) is 2.44. The van der Waals surface area contributed by atoms with E-state index in [1.165, 1.54) is 0 Å². The fourth-order valence-corrected chi connectivity index (χ4v) is 2.02. The Hall–Kier alpha value is -2.40. The number of aromatic nitrogens is 1. The molecule has 5 nitrogen and oxygen atoms in total. The van der Waals surface area contributed by atoms with Crippen molar-refractivity contribution in [1.29, 1.82) is 0 Å². The highest BCUT2D eigenvalue weighted by Gasteiger charge is 2.06. The molecule has 1 atom stereocenters. The van der Waals surface area contributed by atoms with Crippen molar-refractivity contribution in [3.63, 3.8) is 0 Å². The van der Waals surface area contributed by atoms with Crippen molar-refractivity contribution >= 4 is 5.91 Å². The largest absolute Gasteiger partial charge is 0.487 e. The molecule has 0 saturated carbocycles. The maximum atomic E-state index is 12.1. The molecule has 0 bridgehead atoms. The average molecular weight is 313 g/mol. The van der Waals surface area contributed by atoms with Crippen LogP contribution in [-0.2, 0) is 6.61 Å². The third-order valence-corrected chi connectivity index (χ3v) is 3.36. The van der Waals surface area contributed by atoms with Crippen LogP contribution >= 0.6 is 0 Å². The summed E-state index contributed by atoms with van der Waals surface area (Å²) in [5.74, 6) is 0.617. The molecule has 1 amide bonds. The molecule has 0 radical (unpaired) electrons. The van der Waals surface area contributed by atoms with Crippen molar-refractivity contribution in [2.75, 3.05) is 6.54 Å². The fourth-order valence-electron chi connectivity index (χ4n) is 2.02. The van der Waals surface area contributed by atoms with E-state index in [0.29, 0.717) is 24.5 Å². The smallest absolute Gasteiger partial charge is 0.251 e. The molecular weight excluding hydrogens is 290 g/mol. The molecule has 0 aliphatic heterocycles. The minimum Gasteiger partial charge on any atom is -0.487 e. The normalized spacial score (nSPS) is 11.8. The molecule has 5 heteroatoms. The number of benzene rings is 1. The standard InChI is InChI=1S/C18H23N3O2/c1-13(19)8-9-20-18(22)16-5-3-4-15(10-16)12-23-17-7-6-14(2)21-11-17/h3-7,10-11,13H,8-9,12,19H2,1-2H3,(H,20,22). The quantitative estimate of drug-likeness (QED) is 0.823. The van der Waals surface area contributed by atoms with Gasteiger partial charge < -0.3 is 15.8 Å². The van der Waals surface area contributed by atoms with E-state index in [1.54, 1.807) is 12.3 Å². The predicted molar refractivity (Wildman–Crippen MR) is 90.3 cm³/mol. The molecular formula is C18H23N3O2. The van der Waals surface area contributed by atoms with Crippen LogP contribution in [0.4, 0.5) is 0 Å². The van der Waals surface area contributed by atoms with Gasteiger partial charge in [-0.2, -0.15) is 0 Å². The molecule has 2 rings (SSSR count). The summed E-state index contributed by atoms with van der Waals surface area (Å²) in [5, 5.41) is 2.87. The summed E-state index contributed by atoms with van der Waals surface area (Å²) in [7, 11) is 0. The Balaban J connectivity index is 1.91. The van der Waals surface area contributed by atoms with Crippen LogP contribution < -0.4 is 15.8 Å². The zero-order chi connectivity index (χ0) is 16.7. The van der Waals surface area contributed by atoms with Gasteiger partial charge in [-0.3, -0.25) is 9.78 Å². The van der Waals surface area contributed by atoms with Crippen molar-refractivity contribution in [3.05, 3.63) is 59.4 Å². The van der Waals surface area contributed by atoms with Gasteiger partial charge in [-0.1, -0.05) is 12.1 Å². The molecule has 1 aromatic heterocycles. The number of carbonyl (C=O) groups excluding carboxylic acids is 1. The van der Waals surface area contributed by atoms with Gasteiger partial charge >= 0.3 is 0 Å². The lowest BCUT2D eigenvalue weighted by molar-refractivity contribution is 0.0952. The van der Waals surface area contributed by atoms with Crippen LogP contribution in [0.15, 0.2) is 42.6 Å². The molecule has 2 aromatic rings. The molecule has 0 aliphatic carbocycles. The molecule has 0 fully saturated rings. The summed E-state index contributed by atoms with van der Waals surface area (Å²) in [6, 6.07) is 11.3. The van der Waals surface area contributed by atoms with Gasteiger partial charge in [0.1, 0.15) is 12.4 Å². The number of nitrogens with two attached hydrogens (primary N) is 1. The van der Waals surface area contributed by atoms with Gasteiger partial charge in [-0.25, -0.2) is 0 Å². The highest BCUT2D eigenvalue weighted by molar-refractivity contribution is 5.94. The number of hydrogen-bond acceptors (Lipinski definition) is 4. The second kappa shape index (κ2) is 8.29. The van der Waals surface area contributed by atoms with Crippen LogP contribution in [0.3, 0.4) is 0 Å². The molecule has 1 heterocycles. The van der Waals surface area contributed by atoms with Gasteiger partial charge in [0.2, 0.25) is 0 Å². The Kier molecular flexibility index (Phi) is 6.11. The highest BCUT2D eigenvalue weighted by atomic mass is 16.5. The Morgan fingerprint density at radius 1 is 1.35 bits per heavy atom. The summed E-state index contributed by atoms with van der Waals surface area (Å²) in [6.45, 7) is 4.82. The minimum absolute atomic E-state index is 0.0816. The van der Waals surface area contributed by atoms with Crippen LogP contribution in [-0.4, -0.2) is 23.5 Å². The summed E-state index contributed by atoms with van der Waals surface area (Å²) in [6.07, 6.45) is 2.45. The zero-order valence-corrected chi connectivity index (χ0v) is 13.6. The van der Waals surface area contributed by atoms with E-state index < -0.39 is 0 Å². The number of pyridine rings is 1. The summed E-state index contributed by atoms with van der Waals surface area (Å²) in [4.78, 5) is 16.3. The number of carbonyl (C=O) groups is 1. The maximum Gasteiger partial charge on any atom is 0.251 e. The Labute approximate surface area is 136 Å². The van der Waals surface area contributed by atoms with E-state index >= 15 is 0 Å². The van der Waals surface area contributed by atoms with Gasteiger partial charge in [-0.15, -0.1) is 0 Å². The Morgan fingerprint density at radius 2 is 2.17 bits per heavy atom. The number of nitrogens with one attached hydrogen (secondary N) is 1. The number of ether oxygens (including phenoxy) is 1. The third-order valence-electron chi connectivity index (χ3n) is 3.36. The molecule has 122 valence electrons. The van der Waals surface area contributed by atoms with E-state index in [1.807, 2.05) is 44.2 Å². The molecule has 0 spiro atoms. The number of hydrogen-bond donors (Lipinski definition) is 2. The first-order valence-electron chi connectivity index (χ1n) is 7.73. The lowest BCUT2D eigenvalue weighted by atomic mass is 10.1. The number of amides is 1. The van der Waals surface area contributed by atoms with Crippen LogP contribution in [0.1, 0.15) is 35.0 Å². The lowest BCUT2D eigenvalue weighted by Gasteiger charge is -2.09. The van der Waals surface area contributed by atoms with Gasteiger partial charge in [-0.05, 0) is 50.1 Å². The lowest BCUT2D eigenvalue weighted by Crippen LogP contribution is -2.29. The summed E-state index contributed by atoms with van der Waals surface area (Å²) < 4.78 is 5.68. The van der Waals surface area contributed by atoms with Gasteiger partial charge in [0.05, 0.1) is 6.20 Å². The molecule has 0 aliphatic rings. The zero-order valence-electron chi connectivity index (χ0n) is 13.6. The molecule has 23 heavy (non-hydrogen) atoms. The topological polar surface area (TPSA) is 77.2 Å². The van der Waals surface area contributed by atoms with E-state index in [-0.39, 0.29) is 11.9 Å². The van der Waals surface area contributed by atoms with Crippen LogP contribution in [0.25, 0.3) is 0 Å². The van der Waals surface area contributed by atoms with Gasteiger partial charge in [0.25, 0.3) is 5.91 Å². The maximum absolute atomic E-state index is 12.1. The monoisotopic (exact) mass is 313 g/mol. The highest BCUT2D eigenvalue weighted by Crippen LogP contribution is 2.12. The molecule has 1 unspecified atom stereocenters. The first kappa shape index (κ1) is 17.0. The third kappa shape index (κ3) is 5.71. The van der Waals surface area contributed by atoms with Crippen molar-refractivity contribution in [2.24, 2.45) is 5.73 Å². The number of nitrogens with zero attached hydrogens (tertiary/aromatic N) is 1. The first-order chi connectivity index (χ1) is 11.0. The van der Waals surface area contributed by atoms with Crippen LogP contribution in [0.5, 0.6) is 5.75 Å². The Morgan fingerprint density at radius 3 is 2.87 bits per heavy atom. The summed E-state index contributed by atoms with van der Waals surface area (Å²) >= 11 is 0. The van der Waals surface area contributed by atoms with Crippen LogP contribution in [0.2, 0.25) is 0 Å². The average Bonchev–Trinajstić information content (AvgIpc) is 2.54. The number of rotatable bonds is 7. The van der Waals surface area contributed by atoms with E-state index in [4.69, 9.17) is 10.5 Å². The van der Waals surface area contributed by atoms with E-state index in [0.717, 1.165) is 17.7 Å². The van der Waals surface area contributed by atoms with Crippen molar-refractivity contribution < 1.29 is 9.53 Å². The number of aryl methyl sites for hydroxylation is 1.